The summed E-state index contributed by atoms with van der Waals surface area (Å²) < 4.78 is 21.0. The van der Waals surface area contributed by atoms with E-state index in [1.807, 2.05) is 47.8 Å². The van der Waals surface area contributed by atoms with Gasteiger partial charge >= 0.3 is 0 Å². The quantitative estimate of drug-likeness (QED) is 0.448. The number of thiophene rings is 1. The minimum atomic E-state index is -0.689. The molecular weight excluding hydrogens is 391 g/mol. The van der Waals surface area contributed by atoms with Gasteiger partial charge in [-0.2, -0.15) is 5.10 Å². The Bertz CT molecular complexity index is 1390. The molecule has 142 valence electrons. The minimum absolute atomic E-state index is 0.000288. The van der Waals surface area contributed by atoms with Gasteiger partial charge in [-0.05, 0) is 41.8 Å². The van der Waals surface area contributed by atoms with Gasteiger partial charge in [-0.1, -0.05) is 24.3 Å². The van der Waals surface area contributed by atoms with Crippen LogP contribution in [-0.4, -0.2) is 14.9 Å². The third kappa shape index (κ3) is 2.92. The summed E-state index contributed by atoms with van der Waals surface area (Å²) in [5.74, 6) is -1.15. The van der Waals surface area contributed by atoms with Crippen LogP contribution in [0.25, 0.3) is 38.6 Å². The van der Waals surface area contributed by atoms with Crippen LogP contribution in [0.1, 0.15) is 0 Å². The lowest BCUT2D eigenvalue weighted by Gasteiger charge is -2.05. The SMILES string of the molecule is O=c1c(O)c(-c2cn(-c3ccccc3)nc2-c2cccs2)oc2ccc(F)cc12. The number of halogens is 1. The Morgan fingerprint density at radius 1 is 1.07 bits per heavy atom. The molecule has 0 saturated heterocycles. The summed E-state index contributed by atoms with van der Waals surface area (Å²) in [7, 11) is 0. The highest BCUT2D eigenvalue weighted by Gasteiger charge is 2.23. The largest absolute Gasteiger partial charge is 0.502 e. The highest BCUT2D eigenvalue weighted by atomic mass is 32.1. The number of hydrogen-bond acceptors (Lipinski definition) is 5. The predicted molar refractivity (Wildman–Crippen MR) is 110 cm³/mol. The van der Waals surface area contributed by atoms with Gasteiger partial charge in [-0.15, -0.1) is 11.3 Å². The van der Waals surface area contributed by atoms with Gasteiger partial charge in [0.2, 0.25) is 11.2 Å². The molecule has 5 rings (SSSR count). The van der Waals surface area contributed by atoms with Gasteiger partial charge in [0.25, 0.3) is 0 Å². The first-order valence-corrected chi connectivity index (χ1v) is 9.64. The number of fused-ring (bicyclic) bond motifs is 1. The van der Waals surface area contributed by atoms with Crippen molar-refractivity contribution in [2.75, 3.05) is 0 Å². The maximum absolute atomic E-state index is 13.5. The van der Waals surface area contributed by atoms with Crippen molar-refractivity contribution in [3.63, 3.8) is 0 Å². The van der Waals surface area contributed by atoms with Crippen molar-refractivity contribution < 1.29 is 13.9 Å². The van der Waals surface area contributed by atoms with E-state index in [0.717, 1.165) is 16.6 Å². The van der Waals surface area contributed by atoms with E-state index in [0.29, 0.717) is 11.3 Å². The number of nitrogens with zero attached hydrogens (tertiary/aromatic N) is 2. The lowest BCUT2D eigenvalue weighted by Crippen LogP contribution is -2.03. The Hall–Kier alpha value is -3.71. The molecule has 0 bridgehead atoms. The van der Waals surface area contributed by atoms with Crippen LogP contribution in [0, 0.1) is 5.82 Å². The first kappa shape index (κ1) is 17.4. The fourth-order valence-electron chi connectivity index (χ4n) is 3.19. The van der Waals surface area contributed by atoms with E-state index >= 15 is 0 Å². The minimum Gasteiger partial charge on any atom is -0.502 e. The summed E-state index contributed by atoms with van der Waals surface area (Å²) in [5, 5.41) is 17.1. The van der Waals surface area contributed by atoms with Gasteiger partial charge in [0.05, 0.1) is 21.5 Å². The predicted octanol–water partition coefficient (Wildman–Crippen LogP) is 5.22. The second-order valence-electron chi connectivity index (χ2n) is 6.40. The van der Waals surface area contributed by atoms with Crippen molar-refractivity contribution in [3.8, 4) is 33.3 Å². The zero-order valence-corrected chi connectivity index (χ0v) is 15.7. The number of hydrogen-bond donors (Lipinski definition) is 1. The van der Waals surface area contributed by atoms with E-state index in [-0.39, 0.29) is 16.7 Å². The highest BCUT2D eigenvalue weighted by Crippen LogP contribution is 2.38. The second-order valence-corrected chi connectivity index (χ2v) is 7.35. The van der Waals surface area contributed by atoms with E-state index in [1.54, 1.807) is 10.9 Å². The normalized spacial score (nSPS) is 11.2. The molecule has 0 atom stereocenters. The van der Waals surface area contributed by atoms with Gasteiger partial charge in [-0.25, -0.2) is 9.07 Å². The maximum Gasteiger partial charge on any atom is 0.235 e. The van der Waals surface area contributed by atoms with Gasteiger partial charge in [-0.3, -0.25) is 4.79 Å². The molecule has 0 unspecified atom stereocenters. The molecule has 3 aromatic heterocycles. The molecule has 0 aliphatic rings. The van der Waals surface area contributed by atoms with Gasteiger partial charge in [0, 0.05) is 6.20 Å². The van der Waals surface area contributed by atoms with Crippen LogP contribution in [0.5, 0.6) is 5.75 Å². The molecule has 5 aromatic rings. The molecular formula is C22H13FN2O3S. The summed E-state index contributed by atoms with van der Waals surface area (Å²) in [6.07, 6.45) is 1.71. The van der Waals surface area contributed by atoms with E-state index in [4.69, 9.17) is 4.42 Å². The van der Waals surface area contributed by atoms with Crippen molar-refractivity contribution >= 4 is 22.3 Å². The van der Waals surface area contributed by atoms with Gasteiger partial charge < -0.3 is 9.52 Å². The number of para-hydroxylation sites is 1. The molecule has 0 aliphatic carbocycles. The third-order valence-corrected chi connectivity index (χ3v) is 5.44. The van der Waals surface area contributed by atoms with Crippen LogP contribution in [0.3, 0.4) is 0 Å². The summed E-state index contributed by atoms with van der Waals surface area (Å²) in [6, 6.07) is 16.9. The van der Waals surface area contributed by atoms with Crippen LogP contribution in [0.4, 0.5) is 4.39 Å². The molecule has 0 fully saturated rings. The molecule has 0 radical (unpaired) electrons. The summed E-state index contributed by atoms with van der Waals surface area (Å²) >= 11 is 1.48. The second kappa shape index (κ2) is 6.72. The Balaban J connectivity index is 1.80. The molecule has 0 saturated carbocycles. The standard InChI is InChI=1S/C22H13FN2O3S/c23-13-8-9-17-15(11-13)20(26)21(27)22(28-17)16-12-25(14-5-2-1-3-6-14)24-19(16)18-7-4-10-29-18/h1-12,27H. The van der Waals surface area contributed by atoms with Gasteiger partial charge in [0.15, 0.2) is 5.76 Å². The monoisotopic (exact) mass is 404 g/mol. The van der Waals surface area contributed by atoms with Crippen molar-refractivity contribution in [2.24, 2.45) is 0 Å². The van der Waals surface area contributed by atoms with E-state index in [2.05, 4.69) is 5.10 Å². The van der Waals surface area contributed by atoms with Crippen LogP contribution < -0.4 is 5.43 Å². The first-order valence-electron chi connectivity index (χ1n) is 8.76. The average Bonchev–Trinajstić information content (AvgIpc) is 3.41. The van der Waals surface area contributed by atoms with Crippen molar-refractivity contribution in [1.82, 2.24) is 9.78 Å². The summed E-state index contributed by atoms with van der Waals surface area (Å²) in [6.45, 7) is 0. The summed E-state index contributed by atoms with van der Waals surface area (Å²) in [5.41, 5.74) is 1.36. The maximum atomic E-state index is 13.5. The van der Waals surface area contributed by atoms with Crippen LogP contribution in [-0.2, 0) is 0 Å². The topological polar surface area (TPSA) is 68.3 Å². The van der Waals surface area contributed by atoms with Gasteiger partial charge in [0.1, 0.15) is 17.1 Å². The molecule has 0 amide bonds. The Labute approximate surface area is 167 Å². The lowest BCUT2D eigenvalue weighted by atomic mass is 10.1. The van der Waals surface area contributed by atoms with Crippen LogP contribution in [0.2, 0.25) is 0 Å². The van der Waals surface area contributed by atoms with Crippen molar-refractivity contribution in [3.05, 3.63) is 88.3 Å². The average molecular weight is 404 g/mol. The third-order valence-electron chi connectivity index (χ3n) is 4.56. The van der Waals surface area contributed by atoms with Crippen LogP contribution in [0.15, 0.2) is 81.5 Å². The number of aromatic hydroxyl groups is 1. The molecule has 0 aliphatic heterocycles. The van der Waals surface area contributed by atoms with E-state index < -0.39 is 17.0 Å². The summed E-state index contributed by atoms with van der Waals surface area (Å²) in [4.78, 5) is 13.5. The highest BCUT2D eigenvalue weighted by molar-refractivity contribution is 7.13. The van der Waals surface area contributed by atoms with E-state index in [9.17, 15) is 14.3 Å². The fraction of sp³-hybridized carbons (Fsp3) is 0. The molecule has 2 aromatic carbocycles. The zero-order valence-electron chi connectivity index (χ0n) is 14.9. The number of aromatic nitrogens is 2. The number of benzene rings is 2. The number of rotatable bonds is 3. The first-order chi connectivity index (χ1) is 14.1. The smallest absolute Gasteiger partial charge is 0.235 e. The molecule has 0 spiro atoms. The molecule has 29 heavy (non-hydrogen) atoms. The zero-order chi connectivity index (χ0) is 20.0. The molecule has 1 N–H and O–H groups in total. The Kier molecular flexibility index (Phi) is 4.03. The molecule has 5 nitrogen and oxygen atoms in total. The van der Waals surface area contributed by atoms with Crippen molar-refractivity contribution in [2.45, 2.75) is 0 Å². The molecule has 3 heterocycles. The fourth-order valence-corrected chi connectivity index (χ4v) is 3.91. The Morgan fingerprint density at radius 3 is 2.66 bits per heavy atom. The lowest BCUT2D eigenvalue weighted by molar-refractivity contribution is 0.449. The van der Waals surface area contributed by atoms with Crippen molar-refractivity contribution in [1.29, 1.82) is 0 Å². The molecule has 7 heteroatoms. The Morgan fingerprint density at radius 2 is 1.90 bits per heavy atom. The van der Waals surface area contributed by atoms with E-state index in [1.165, 1.54) is 23.5 Å². The van der Waals surface area contributed by atoms with Crippen LogP contribution >= 0.6 is 11.3 Å².